The van der Waals surface area contributed by atoms with Crippen molar-refractivity contribution in [2.45, 2.75) is 24.5 Å². The summed E-state index contributed by atoms with van der Waals surface area (Å²) in [6.07, 6.45) is 1.55. The van der Waals surface area contributed by atoms with Crippen molar-refractivity contribution in [2.24, 2.45) is 0 Å². The molecule has 0 aliphatic heterocycles. The molecule has 134 valence electrons. The van der Waals surface area contributed by atoms with Gasteiger partial charge in [0, 0.05) is 16.2 Å². The van der Waals surface area contributed by atoms with Crippen molar-refractivity contribution in [3.8, 4) is 5.75 Å². The molecule has 0 spiro atoms. The Labute approximate surface area is 157 Å². The van der Waals surface area contributed by atoms with Crippen LogP contribution in [0.1, 0.15) is 28.6 Å². The van der Waals surface area contributed by atoms with Crippen LogP contribution in [-0.2, 0) is 5.75 Å². The first-order valence-electron chi connectivity index (χ1n) is 8.46. The van der Waals surface area contributed by atoms with Gasteiger partial charge in [-0.25, -0.2) is 0 Å². The maximum atomic E-state index is 12.7. The molecule has 3 aromatic rings. The zero-order valence-corrected chi connectivity index (χ0v) is 15.6. The van der Waals surface area contributed by atoms with Crippen molar-refractivity contribution in [3.63, 3.8) is 0 Å². The summed E-state index contributed by atoms with van der Waals surface area (Å²) in [7, 11) is 0. The molecule has 0 saturated carbocycles. The second-order valence-electron chi connectivity index (χ2n) is 5.76. The average Bonchev–Trinajstić information content (AvgIpc) is 3.12. The minimum atomic E-state index is -0.275. The molecule has 0 unspecified atom stereocenters. The molecule has 0 aliphatic rings. The number of carbonyl (C=O) groups excluding carboxylic acids is 1. The Morgan fingerprint density at radius 2 is 1.96 bits per heavy atom. The summed E-state index contributed by atoms with van der Waals surface area (Å²) < 4.78 is 11.1. The van der Waals surface area contributed by atoms with E-state index in [0.29, 0.717) is 29.6 Å². The average molecular weight is 367 g/mol. The van der Waals surface area contributed by atoms with E-state index in [-0.39, 0.29) is 5.91 Å². The van der Waals surface area contributed by atoms with Crippen LogP contribution in [0, 0.1) is 6.92 Å². The first-order valence-corrected chi connectivity index (χ1v) is 9.45. The van der Waals surface area contributed by atoms with E-state index in [9.17, 15) is 4.79 Å². The predicted octanol–water partition coefficient (Wildman–Crippen LogP) is 5.53. The Morgan fingerprint density at radius 3 is 2.73 bits per heavy atom. The van der Waals surface area contributed by atoms with Crippen molar-refractivity contribution in [2.75, 3.05) is 11.9 Å². The summed E-state index contributed by atoms with van der Waals surface area (Å²) in [5.41, 5.74) is 2.58. The van der Waals surface area contributed by atoms with Crippen molar-refractivity contribution >= 4 is 23.4 Å². The Balaban J connectivity index is 1.72. The minimum Gasteiger partial charge on any atom is -0.492 e. The molecule has 3 rings (SSSR count). The van der Waals surface area contributed by atoms with E-state index in [4.69, 9.17) is 9.15 Å². The van der Waals surface area contributed by atoms with E-state index in [1.807, 2.05) is 68.4 Å². The molecule has 4 nitrogen and oxygen atoms in total. The number of hydrogen-bond donors (Lipinski definition) is 1. The summed E-state index contributed by atoms with van der Waals surface area (Å²) in [5.74, 6) is 1.38. The number of carbonyl (C=O) groups is 1. The fraction of sp³-hybridized carbons (Fsp3) is 0.190. The molecule has 1 N–H and O–H groups in total. The number of benzene rings is 2. The highest BCUT2D eigenvalue weighted by Crippen LogP contribution is 2.28. The summed E-state index contributed by atoms with van der Waals surface area (Å²) in [6.45, 7) is 4.44. The van der Waals surface area contributed by atoms with Gasteiger partial charge in [0.05, 0.1) is 18.6 Å². The largest absolute Gasteiger partial charge is 0.492 e. The van der Waals surface area contributed by atoms with E-state index in [1.165, 1.54) is 0 Å². The first kappa shape index (κ1) is 18.1. The van der Waals surface area contributed by atoms with Crippen molar-refractivity contribution in [1.82, 2.24) is 0 Å². The molecule has 5 heteroatoms. The summed E-state index contributed by atoms with van der Waals surface area (Å²) in [6, 6.07) is 17.6. The predicted molar refractivity (Wildman–Crippen MR) is 105 cm³/mol. The summed E-state index contributed by atoms with van der Waals surface area (Å²) in [5, 5.41) is 2.90. The van der Waals surface area contributed by atoms with Gasteiger partial charge in [-0.05, 0) is 49.7 Å². The first-order chi connectivity index (χ1) is 12.7. The molecule has 1 amide bonds. The van der Waals surface area contributed by atoms with Crippen LogP contribution in [-0.4, -0.2) is 12.5 Å². The maximum Gasteiger partial charge on any atom is 0.291 e. The number of ether oxygens (including phenoxy) is 1. The molecule has 0 bridgehead atoms. The lowest BCUT2D eigenvalue weighted by molar-refractivity contribution is 0.0995. The third-order valence-electron chi connectivity index (χ3n) is 3.78. The van der Waals surface area contributed by atoms with Crippen molar-refractivity contribution in [3.05, 3.63) is 77.7 Å². The highest BCUT2D eigenvalue weighted by molar-refractivity contribution is 7.98. The SMILES string of the molecule is CCOc1cc(C)ccc1NC(=O)c1occc1CSc1ccccc1. The lowest BCUT2D eigenvalue weighted by Crippen LogP contribution is -2.14. The van der Waals surface area contributed by atoms with Crippen LogP contribution in [0.2, 0.25) is 0 Å². The molecule has 1 aromatic heterocycles. The van der Waals surface area contributed by atoms with Crippen LogP contribution in [0.5, 0.6) is 5.75 Å². The van der Waals surface area contributed by atoms with Crippen LogP contribution in [0.25, 0.3) is 0 Å². The van der Waals surface area contributed by atoms with Crippen molar-refractivity contribution < 1.29 is 13.9 Å². The van der Waals surface area contributed by atoms with Gasteiger partial charge in [-0.15, -0.1) is 11.8 Å². The smallest absolute Gasteiger partial charge is 0.291 e. The Morgan fingerprint density at radius 1 is 1.15 bits per heavy atom. The number of amides is 1. The van der Waals surface area contributed by atoms with Gasteiger partial charge in [0.2, 0.25) is 0 Å². The van der Waals surface area contributed by atoms with Gasteiger partial charge in [-0.3, -0.25) is 4.79 Å². The number of anilines is 1. The van der Waals surface area contributed by atoms with Crippen LogP contribution >= 0.6 is 11.8 Å². The summed E-state index contributed by atoms with van der Waals surface area (Å²) >= 11 is 1.66. The molecular formula is C21H21NO3S. The topological polar surface area (TPSA) is 51.5 Å². The second kappa shape index (κ2) is 8.63. The van der Waals surface area contributed by atoms with Crippen LogP contribution in [0.15, 0.2) is 70.2 Å². The number of hydrogen-bond acceptors (Lipinski definition) is 4. The van der Waals surface area contributed by atoms with Gasteiger partial charge in [0.25, 0.3) is 5.91 Å². The highest BCUT2D eigenvalue weighted by Gasteiger charge is 2.17. The number of rotatable bonds is 7. The van der Waals surface area contributed by atoms with Crippen LogP contribution in [0.4, 0.5) is 5.69 Å². The minimum absolute atomic E-state index is 0.275. The lowest BCUT2D eigenvalue weighted by Gasteiger charge is -2.12. The van der Waals surface area contributed by atoms with E-state index in [2.05, 4.69) is 5.32 Å². The molecule has 0 saturated heterocycles. The number of nitrogens with one attached hydrogen (secondary N) is 1. The second-order valence-corrected chi connectivity index (χ2v) is 6.81. The monoisotopic (exact) mass is 367 g/mol. The zero-order chi connectivity index (χ0) is 18.4. The van der Waals surface area contributed by atoms with E-state index < -0.39 is 0 Å². The third-order valence-corrected chi connectivity index (χ3v) is 4.84. The number of thioether (sulfide) groups is 1. The molecule has 26 heavy (non-hydrogen) atoms. The van der Waals surface area contributed by atoms with Crippen LogP contribution in [0.3, 0.4) is 0 Å². The third kappa shape index (κ3) is 4.49. The fourth-order valence-corrected chi connectivity index (χ4v) is 3.41. The van der Waals surface area contributed by atoms with E-state index in [0.717, 1.165) is 16.0 Å². The van der Waals surface area contributed by atoms with Gasteiger partial charge in [-0.2, -0.15) is 0 Å². The maximum absolute atomic E-state index is 12.7. The standard InChI is InChI=1S/C21H21NO3S/c1-3-24-19-13-15(2)9-10-18(19)22-21(23)20-16(11-12-25-20)14-26-17-7-5-4-6-8-17/h4-13H,3,14H2,1-2H3,(H,22,23). The van der Waals surface area contributed by atoms with Gasteiger partial charge in [0.15, 0.2) is 5.76 Å². The Bertz CT molecular complexity index is 874. The number of aryl methyl sites for hydroxylation is 1. The molecule has 0 atom stereocenters. The van der Waals surface area contributed by atoms with E-state index in [1.54, 1.807) is 18.0 Å². The van der Waals surface area contributed by atoms with E-state index >= 15 is 0 Å². The fourth-order valence-electron chi connectivity index (χ4n) is 2.51. The van der Waals surface area contributed by atoms with Gasteiger partial charge >= 0.3 is 0 Å². The Kier molecular flexibility index (Phi) is 6.02. The highest BCUT2D eigenvalue weighted by atomic mass is 32.2. The van der Waals surface area contributed by atoms with Crippen molar-refractivity contribution in [1.29, 1.82) is 0 Å². The number of furan rings is 1. The molecule has 2 aromatic carbocycles. The molecular weight excluding hydrogens is 346 g/mol. The van der Waals surface area contributed by atoms with Gasteiger partial charge < -0.3 is 14.5 Å². The normalized spacial score (nSPS) is 10.5. The lowest BCUT2D eigenvalue weighted by atomic mass is 10.2. The summed E-state index contributed by atoms with van der Waals surface area (Å²) in [4.78, 5) is 13.8. The molecule has 0 aliphatic carbocycles. The zero-order valence-electron chi connectivity index (χ0n) is 14.8. The molecule has 0 fully saturated rings. The molecule has 1 heterocycles. The quantitative estimate of drug-likeness (QED) is 0.558. The van der Waals surface area contributed by atoms with Crippen LogP contribution < -0.4 is 10.1 Å². The van der Waals surface area contributed by atoms with Gasteiger partial charge in [0.1, 0.15) is 5.75 Å². The Hall–Kier alpha value is -2.66. The van der Waals surface area contributed by atoms with Gasteiger partial charge in [-0.1, -0.05) is 24.3 Å². The molecule has 0 radical (unpaired) electrons.